The highest BCUT2D eigenvalue weighted by Crippen LogP contribution is 2.24. The van der Waals surface area contributed by atoms with Crippen LogP contribution in [0.4, 0.5) is 0 Å². The quantitative estimate of drug-likeness (QED) is 0.430. The van der Waals surface area contributed by atoms with Crippen LogP contribution in [-0.2, 0) is 13.1 Å². The summed E-state index contributed by atoms with van der Waals surface area (Å²) in [6.07, 6.45) is 3.17. The van der Waals surface area contributed by atoms with E-state index in [4.69, 9.17) is 0 Å². The zero-order chi connectivity index (χ0) is 22.5. The molecule has 0 N–H and O–H groups in total. The zero-order valence-corrected chi connectivity index (χ0v) is 17.5. The van der Waals surface area contributed by atoms with Gasteiger partial charge in [-0.05, 0) is 35.4 Å². The van der Waals surface area contributed by atoms with Gasteiger partial charge in [-0.1, -0.05) is 67.8 Å². The van der Waals surface area contributed by atoms with Crippen LogP contribution in [0.15, 0.2) is 113 Å². The molecule has 0 aliphatic heterocycles. The summed E-state index contributed by atoms with van der Waals surface area (Å²) in [5.74, 6) is 0. The molecule has 2 aromatic heterocycles. The zero-order valence-electron chi connectivity index (χ0n) is 17.5. The van der Waals surface area contributed by atoms with Crippen LogP contribution >= 0.6 is 0 Å². The summed E-state index contributed by atoms with van der Waals surface area (Å²) in [5.41, 5.74) is 8.55. The molecule has 0 unspecified atom stereocenters. The largest absolute Gasteiger partial charge is 0.333 e. The summed E-state index contributed by atoms with van der Waals surface area (Å²) in [4.78, 5) is 30.6. The maximum absolute atomic E-state index is 13.0. The number of hydrogen-bond acceptors (Lipinski definition) is 3. The van der Waals surface area contributed by atoms with Gasteiger partial charge in [0.25, 0.3) is 5.56 Å². The summed E-state index contributed by atoms with van der Waals surface area (Å²) in [5, 5.41) is 0.365. The molecule has 156 valence electrons. The molecule has 0 saturated carbocycles. The Labute approximate surface area is 185 Å². The number of rotatable bonds is 6. The van der Waals surface area contributed by atoms with Gasteiger partial charge >= 0.3 is 5.69 Å². The monoisotopic (exact) mass is 419 g/mol. The van der Waals surface area contributed by atoms with Crippen LogP contribution in [0.5, 0.6) is 0 Å². The molecule has 4 aromatic rings. The van der Waals surface area contributed by atoms with Crippen LogP contribution < -0.4 is 11.2 Å². The van der Waals surface area contributed by atoms with E-state index in [1.165, 1.54) is 4.57 Å². The Bertz CT molecular complexity index is 1500. The first-order valence-electron chi connectivity index (χ1n) is 10.1. The number of allylic oxidation sites excluding steroid dienone is 2. The molecule has 0 radical (unpaired) electrons. The van der Waals surface area contributed by atoms with Gasteiger partial charge in [0.15, 0.2) is 5.65 Å². The number of hydrogen-bond donors (Lipinski definition) is 0. The van der Waals surface area contributed by atoms with Gasteiger partial charge in [0, 0.05) is 5.56 Å². The predicted molar refractivity (Wildman–Crippen MR) is 129 cm³/mol. The van der Waals surface area contributed by atoms with Gasteiger partial charge < -0.3 is 0 Å². The maximum atomic E-state index is 13.0. The summed E-state index contributed by atoms with van der Waals surface area (Å²) in [7, 11) is 0. The van der Waals surface area contributed by atoms with Crippen molar-refractivity contribution >= 4 is 11.0 Å². The molecule has 0 spiro atoms. The highest BCUT2D eigenvalue weighted by molar-refractivity contribution is 5.78. The van der Waals surface area contributed by atoms with Crippen LogP contribution in [0.2, 0.25) is 0 Å². The first-order chi connectivity index (χ1) is 15.6. The van der Waals surface area contributed by atoms with Crippen molar-refractivity contribution in [2.45, 2.75) is 13.1 Å². The van der Waals surface area contributed by atoms with E-state index in [0.29, 0.717) is 16.7 Å². The SMILES string of the molecule is C=C=CCn1c(=O)c2ccc(-c3ccc(-c4ccccc4)cc3)nc2n(CC=C=C)c1=O. The summed E-state index contributed by atoms with van der Waals surface area (Å²) in [6, 6.07) is 21.7. The molecule has 0 bridgehead atoms. The van der Waals surface area contributed by atoms with Gasteiger partial charge in [0.2, 0.25) is 0 Å². The van der Waals surface area contributed by atoms with E-state index in [0.717, 1.165) is 21.3 Å². The van der Waals surface area contributed by atoms with Gasteiger partial charge in [-0.25, -0.2) is 9.78 Å². The minimum Gasteiger partial charge on any atom is -0.273 e. The molecule has 0 atom stereocenters. The van der Waals surface area contributed by atoms with Crippen LogP contribution in [-0.4, -0.2) is 14.1 Å². The summed E-state index contributed by atoms with van der Waals surface area (Å²) < 4.78 is 2.60. The number of pyridine rings is 1. The van der Waals surface area contributed by atoms with Gasteiger partial charge in [-0.2, -0.15) is 0 Å². The van der Waals surface area contributed by atoms with E-state index >= 15 is 0 Å². The van der Waals surface area contributed by atoms with Crippen molar-refractivity contribution in [3.63, 3.8) is 0 Å². The Morgan fingerprint density at radius 1 is 0.750 bits per heavy atom. The molecule has 32 heavy (non-hydrogen) atoms. The average molecular weight is 419 g/mol. The third-order valence-electron chi connectivity index (χ3n) is 5.19. The molecule has 0 fully saturated rings. The lowest BCUT2D eigenvalue weighted by Gasteiger charge is -2.12. The highest BCUT2D eigenvalue weighted by Gasteiger charge is 2.14. The van der Waals surface area contributed by atoms with Gasteiger partial charge in [-0.3, -0.25) is 13.9 Å². The van der Waals surface area contributed by atoms with Crippen molar-refractivity contribution in [3.8, 4) is 22.4 Å². The lowest BCUT2D eigenvalue weighted by atomic mass is 10.0. The molecule has 2 aromatic carbocycles. The Hall–Kier alpha value is -4.43. The average Bonchev–Trinajstić information content (AvgIpc) is 2.84. The van der Waals surface area contributed by atoms with Gasteiger partial charge in [0.05, 0.1) is 24.2 Å². The molecule has 0 saturated heterocycles. The smallest absolute Gasteiger partial charge is 0.273 e. The molecule has 5 nitrogen and oxygen atoms in total. The van der Waals surface area contributed by atoms with Crippen LogP contribution in [0.3, 0.4) is 0 Å². The van der Waals surface area contributed by atoms with Crippen molar-refractivity contribution in [2.75, 3.05) is 0 Å². The van der Waals surface area contributed by atoms with Crippen molar-refractivity contribution < 1.29 is 0 Å². The Balaban J connectivity index is 1.86. The number of benzene rings is 2. The van der Waals surface area contributed by atoms with E-state index in [1.54, 1.807) is 24.3 Å². The second-order valence-electron chi connectivity index (χ2n) is 7.14. The van der Waals surface area contributed by atoms with Crippen molar-refractivity contribution in [1.82, 2.24) is 14.1 Å². The summed E-state index contributed by atoms with van der Waals surface area (Å²) in [6.45, 7) is 7.37. The fraction of sp³-hybridized carbons (Fsp3) is 0.0741. The van der Waals surface area contributed by atoms with Crippen molar-refractivity contribution in [3.05, 3.63) is 124 Å². The number of nitrogens with zero attached hydrogens (tertiary/aromatic N) is 3. The van der Waals surface area contributed by atoms with E-state index in [-0.39, 0.29) is 13.1 Å². The molecular weight excluding hydrogens is 398 g/mol. The molecule has 4 rings (SSSR count). The van der Waals surface area contributed by atoms with Gasteiger partial charge in [-0.15, -0.1) is 11.5 Å². The third-order valence-corrected chi connectivity index (χ3v) is 5.19. The number of aromatic nitrogens is 3. The number of fused-ring (bicyclic) bond motifs is 1. The van der Waals surface area contributed by atoms with E-state index < -0.39 is 11.2 Å². The maximum Gasteiger partial charge on any atom is 0.333 e. The van der Waals surface area contributed by atoms with Crippen LogP contribution in [0.25, 0.3) is 33.4 Å². The van der Waals surface area contributed by atoms with E-state index in [9.17, 15) is 9.59 Å². The lowest BCUT2D eigenvalue weighted by molar-refractivity contribution is 0.645. The fourth-order valence-electron chi connectivity index (χ4n) is 3.55. The predicted octanol–water partition coefficient (Wildman–Crippen LogP) is 4.57. The topological polar surface area (TPSA) is 56.9 Å². The Morgan fingerprint density at radius 2 is 1.34 bits per heavy atom. The first kappa shape index (κ1) is 20.8. The second kappa shape index (κ2) is 9.15. The molecule has 0 aliphatic carbocycles. The molecule has 0 aliphatic rings. The Morgan fingerprint density at radius 3 is 2.00 bits per heavy atom. The minimum absolute atomic E-state index is 0.0949. The van der Waals surface area contributed by atoms with Gasteiger partial charge in [0.1, 0.15) is 0 Å². The molecule has 5 heteroatoms. The van der Waals surface area contributed by atoms with Crippen molar-refractivity contribution in [1.29, 1.82) is 0 Å². The third kappa shape index (κ3) is 3.94. The molecule has 0 amide bonds. The highest BCUT2D eigenvalue weighted by atomic mass is 16.2. The molecule has 2 heterocycles. The fourth-order valence-corrected chi connectivity index (χ4v) is 3.55. The van der Waals surface area contributed by atoms with E-state index in [2.05, 4.69) is 41.7 Å². The van der Waals surface area contributed by atoms with Crippen molar-refractivity contribution in [2.24, 2.45) is 0 Å². The first-order valence-corrected chi connectivity index (χ1v) is 10.1. The Kier molecular flexibility index (Phi) is 5.96. The van der Waals surface area contributed by atoms with Crippen LogP contribution in [0.1, 0.15) is 0 Å². The molecular formula is C27H21N3O2. The normalized spacial score (nSPS) is 10.4. The minimum atomic E-state index is -0.454. The lowest BCUT2D eigenvalue weighted by Crippen LogP contribution is -2.40. The second-order valence-corrected chi connectivity index (χ2v) is 7.14. The summed E-state index contributed by atoms with van der Waals surface area (Å²) >= 11 is 0. The van der Waals surface area contributed by atoms with E-state index in [1.807, 2.05) is 42.5 Å². The standard InChI is InChI=1S/C27H21N3O2/c1-3-5-18-29-25-23(26(31)30(27(29)32)19-6-4-2)16-17-24(28-25)22-14-12-21(13-15-22)20-10-8-7-9-11-20/h5-17H,1-2,18-19H2. The van der Waals surface area contributed by atoms with Crippen LogP contribution in [0, 0.1) is 0 Å².